The van der Waals surface area contributed by atoms with E-state index in [2.05, 4.69) is 84.0 Å². The molecule has 0 atom stereocenters. The molecule has 0 spiro atoms. The van der Waals surface area contributed by atoms with Gasteiger partial charge in [-0.25, -0.2) is 9.98 Å². The number of nitrogens with zero attached hydrogens (tertiary/aromatic N) is 4. The van der Waals surface area contributed by atoms with Crippen molar-refractivity contribution in [3.05, 3.63) is 54.1 Å². The van der Waals surface area contributed by atoms with Gasteiger partial charge in [0.15, 0.2) is 5.96 Å². The highest BCUT2D eigenvalue weighted by molar-refractivity contribution is 5.79. The van der Waals surface area contributed by atoms with Gasteiger partial charge in [-0.1, -0.05) is 30.3 Å². The molecule has 0 unspecified atom stereocenters. The maximum Gasteiger partial charge on any atom is 0.191 e. The summed E-state index contributed by atoms with van der Waals surface area (Å²) in [5.74, 6) is 1.80. The minimum Gasteiger partial charge on any atom is -0.357 e. The van der Waals surface area contributed by atoms with Crippen LogP contribution in [0, 0.1) is 0 Å². The van der Waals surface area contributed by atoms with Crippen LogP contribution >= 0.6 is 0 Å². The van der Waals surface area contributed by atoms with Crippen LogP contribution in [0.1, 0.15) is 46.0 Å². The number of hydrogen-bond donors (Lipinski definition) is 2. The second-order valence-electron chi connectivity index (χ2n) is 7.50. The molecular weight excluding hydrogens is 348 g/mol. The third-order valence-electron chi connectivity index (χ3n) is 4.71. The molecule has 2 N–H and O–H groups in total. The highest BCUT2D eigenvalue weighted by Crippen LogP contribution is 2.07. The highest BCUT2D eigenvalue weighted by atomic mass is 15.2. The predicted molar refractivity (Wildman–Crippen MR) is 118 cm³/mol. The van der Waals surface area contributed by atoms with Gasteiger partial charge < -0.3 is 15.2 Å². The van der Waals surface area contributed by atoms with Crippen molar-refractivity contribution in [1.29, 1.82) is 0 Å². The largest absolute Gasteiger partial charge is 0.357 e. The highest BCUT2D eigenvalue weighted by Gasteiger charge is 2.12. The number of aliphatic imine (C=N–C) groups is 1. The SMILES string of the molecule is CCNC(=NCc1nccn1Cc1ccccc1)NCCN(C(C)C)C(C)C. The lowest BCUT2D eigenvalue weighted by atomic mass is 10.2. The van der Waals surface area contributed by atoms with Gasteiger partial charge in [0.2, 0.25) is 0 Å². The van der Waals surface area contributed by atoms with E-state index in [0.717, 1.165) is 38.0 Å². The van der Waals surface area contributed by atoms with Gasteiger partial charge >= 0.3 is 0 Å². The van der Waals surface area contributed by atoms with E-state index in [9.17, 15) is 0 Å². The Morgan fingerprint density at radius 1 is 1.11 bits per heavy atom. The molecule has 6 nitrogen and oxygen atoms in total. The van der Waals surface area contributed by atoms with Crippen molar-refractivity contribution in [2.45, 2.75) is 59.8 Å². The van der Waals surface area contributed by atoms with Crippen LogP contribution in [-0.4, -0.2) is 52.1 Å². The van der Waals surface area contributed by atoms with Crippen LogP contribution in [0.25, 0.3) is 0 Å². The number of guanidine groups is 1. The number of benzene rings is 1. The van der Waals surface area contributed by atoms with E-state index < -0.39 is 0 Å². The molecule has 0 saturated heterocycles. The zero-order valence-corrected chi connectivity index (χ0v) is 18.0. The first kappa shape index (κ1) is 22.0. The first-order valence-corrected chi connectivity index (χ1v) is 10.3. The van der Waals surface area contributed by atoms with Crippen molar-refractivity contribution in [3.63, 3.8) is 0 Å². The Labute approximate surface area is 170 Å². The van der Waals surface area contributed by atoms with E-state index in [1.165, 1.54) is 5.56 Å². The number of rotatable bonds is 10. The van der Waals surface area contributed by atoms with E-state index in [-0.39, 0.29) is 0 Å². The molecule has 2 aromatic rings. The summed E-state index contributed by atoms with van der Waals surface area (Å²) in [6, 6.07) is 11.5. The molecule has 154 valence electrons. The fourth-order valence-electron chi connectivity index (χ4n) is 3.32. The average Bonchev–Trinajstić information content (AvgIpc) is 3.10. The molecule has 0 amide bonds. The van der Waals surface area contributed by atoms with Crippen molar-refractivity contribution >= 4 is 5.96 Å². The topological polar surface area (TPSA) is 57.5 Å². The smallest absolute Gasteiger partial charge is 0.191 e. The fraction of sp³-hybridized carbons (Fsp3) is 0.545. The Bertz CT molecular complexity index is 697. The Kier molecular flexibility index (Phi) is 9.01. The molecule has 0 aliphatic heterocycles. The van der Waals surface area contributed by atoms with Crippen molar-refractivity contribution < 1.29 is 0 Å². The van der Waals surface area contributed by atoms with Gasteiger partial charge in [-0.3, -0.25) is 4.90 Å². The van der Waals surface area contributed by atoms with Gasteiger partial charge in [0.1, 0.15) is 12.4 Å². The third-order valence-corrected chi connectivity index (χ3v) is 4.71. The summed E-state index contributed by atoms with van der Waals surface area (Å²) < 4.78 is 2.15. The van der Waals surface area contributed by atoms with Crippen molar-refractivity contribution in [2.75, 3.05) is 19.6 Å². The number of nitrogens with one attached hydrogen (secondary N) is 2. The van der Waals surface area contributed by atoms with Crippen LogP contribution < -0.4 is 10.6 Å². The average molecular weight is 385 g/mol. The first-order valence-electron chi connectivity index (χ1n) is 10.3. The summed E-state index contributed by atoms with van der Waals surface area (Å²) >= 11 is 0. The molecule has 0 fully saturated rings. The Morgan fingerprint density at radius 3 is 2.46 bits per heavy atom. The Hall–Kier alpha value is -2.34. The molecule has 6 heteroatoms. The Balaban J connectivity index is 1.95. The van der Waals surface area contributed by atoms with Crippen LogP contribution in [0.15, 0.2) is 47.7 Å². The maximum absolute atomic E-state index is 4.74. The standard InChI is InChI=1S/C22H36N6/c1-6-23-22(25-13-15-28(18(2)3)19(4)5)26-16-21-24-12-14-27(21)17-20-10-8-7-9-11-20/h7-12,14,18-19H,6,13,15-17H2,1-5H3,(H2,23,25,26). The van der Waals surface area contributed by atoms with Crippen LogP contribution in [0.2, 0.25) is 0 Å². The van der Waals surface area contributed by atoms with Crippen LogP contribution in [0.3, 0.4) is 0 Å². The van der Waals surface area contributed by atoms with Gasteiger partial charge in [-0.2, -0.15) is 0 Å². The number of hydrogen-bond acceptors (Lipinski definition) is 3. The molecule has 2 rings (SSSR count). The molecule has 0 bridgehead atoms. The van der Waals surface area contributed by atoms with Crippen LogP contribution in [0.4, 0.5) is 0 Å². The third kappa shape index (κ3) is 7.00. The normalized spacial score (nSPS) is 12.2. The number of imidazole rings is 1. The van der Waals surface area contributed by atoms with Gasteiger partial charge in [0.25, 0.3) is 0 Å². The number of aromatic nitrogens is 2. The quantitative estimate of drug-likeness (QED) is 0.488. The molecule has 0 radical (unpaired) electrons. The first-order chi connectivity index (χ1) is 13.5. The van der Waals surface area contributed by atoms with Crippen molar-refractivity contribution in [2.24, 2.45) is 4.99 Å². The predicted octanol–water partition coefficient (Wildman–Crippen LogP) is 3.11. The molecule has 0 saturated carbocycles. The van der Waals surface area contributed by atoms with Gasteiger partial charge in [-0.15, -0.1) is 0 Å². The molecule has 0 aliphatic carbocycles. The summed E-state index contributed by atoms with van der Waals surface area (Å²) in [6.45, 7) is 15.1. The minimum atomic E-state index is 0.534. The zero-order chi connectivity index (χ0) is 20.4. The summed E-state index contributed by atoms with van der Waals surface area (Å²) in [6.07, 6.45) is 3.86. The molecular formula is C22H36N6. The molecule has 1 heterocycles. The van der Waals surface area contributed by atoms with E-state index in [4.69, 9.17) is 4.99 Å². The summed E-state index contributed by atoms with van der Waals surface area (Å²) in [5, 5.41) is 6.78. The lowest BCUT2D eigenvalue weighted by Crippen LogP contribution is -2.45. The van der Waals surface area contributed by atoms with Gasteiger partial charge in [0.05, 0.1) is 0 Å². The second kappa shape index (κ2) is 11.5. The monoisotopic (exact) mass is 384 g/mol. The molecule has 0 aliphatic rings. The lowest BCUT2D eigenvalue weighted by molar-refractivity contribution is 0.178. The van der Waals surface area contributed by atoms with Crippen LogP contribution in [0.5, 0.6) is 0 Å². The van der Waals surface area contributed by atoms with E-state index >= 15 is 0 Å². The van der Waals surface area contributed by atoms with Crippen molar-refractivity contribution in [1.82, 2.24) is 25.1 Å². The summed E-state index contributed by atoms with van der Waals surface area (Å²) in [5.41, 5.74) is 1.26. The minimum absolute atomic E-state index is 0.534. The molecule has 1 aromatic heterocycles. The van der Waals surface area contributed by atoms with Crippen molar-refractivity contribution in [3.8, 4) is 0 Å². The summed E-state index contributed by atoms with van der Waals surface area (Å²) in [7, 11) is 0. The van der Waals surface area contributed by atoms with Gasteiger partial charge in [-0.05, 0) is 40.2 Å². The van der Waals surface area contributed by atoms with Crippen LogP contribution in [-0.2, 0) is 13.1 Å². The Morgan fingerprint density at radius 2 is 1.82 bits per heavy atom. The van der Waals surface area contributed by atoms with Gasteiger partial charge in [0, 0.05) is 50.7 Å². The molecule has 28 heavy (non-hydrogen) atoms. The zero-order valence-electron chi connectivity index (χ0n) is 18.0. The van der Waals surface area contributed by atoms with E-state index in [1.54, 1.807) is 0 Å². The van der Waals surface area contributed by atoms with E-state index in [1.807, 2.05) is 18.5 Å². The summed E-state index contributed by atoms with van der Waals surface area (Å²) in [4.78, 5) is 11.7. The lowest BCUT2D eigenvalue weighted by Gasteiger charge is -2.30. The fourth-order valence-corrected chi connectivity index (χ4v) is 3.32. The molecule has 1 aromatic carbocycles. The second-order valence-corrected chi connectivity index (χ2v) is 7.50. The van der Waals surface area contributed by atoms with E-state index in [0.29, 0.717) is 18.6 Å². The maximum atomic E-state index is 4.74.